The van der Waals surface area contributed by atoms with Crippen LogP contribution in [0.4, 0.5) is 38.0 Å². The summed E-state index contributed by atoms with van der Waals surface area (Å²) in [4.78, 5) is 16.9. The molecule has 3 aromatic heterocycles. The van der Waals surface area contributed by atoms with Crippen molar-refractivity contribution in [1.29, 1.82) is 0 Å². The molecule has 2 saturated carbocycles. The number of nitrogens with one attached hydrogen (secondary N) is 2. The molecular weight excluding hydrogens is 616 g/mol. The van der Waals surface area contributed by atoms with Gasteiger partial charge in [-0.3, -0.25) is 0 Å². The van der Waals surface area contributed by atoms with E-state index in [1.54, 1.807) is 6.92 Å². The summed E-state index contributed by atoms with van der Waals surface area (Å²) in [6, 6.07) is 0.687. The van der Waals surface area contributed by atoms with E-state index in [1.165, 1.54) is 6.92 Å². The minimum absolute atomic E-state index is 0.00409. The second-order valence-electron chi connectivity index (χ2n) is 13.0. The summed E-state index contributed by atoms with van der Waals surface area (Å²) in [5.74, 6) is -4.36. The van der Waals surface area contributed by atoms with Crippen molar-refractivity contribution in [3.8, 4) is 23.3 Å². The zero-order valence-corrected chi connectivity index (χ0v) is 25.8. The molecule has 0 spiro atoms. The standard InChI is InChI=1S/C31H37F6N7O2/c1-15-11-19(38)41-24(21(15)31(35,36)37)25-22(32)23-20-26(40-12-16(2)39-10-7-17(3)46-27(20)42-25)44-28(43-23)45-14-29-9-6-18(29)5-4-8-30(33,34)13-29/h11,16-18,39H,4-10,12-14H2,1-3H3,(H2,38,41)(H,40,43,44)/t16?,17-,18+,29+/m0/s1. The zero-order chi connectivity index (χ0) is 33.0. The van der Waals surface area contributed by atoms with Gasteiger partial charge in [0.15, 0.2) is 5.82 Å². The number of nitrogens with two attached hydrogens (primary N) is 1. The lowest BCUT2D eigenvalue weighted by Crippen LogP contribution is -2.47. The Labute approximate surface area is 262 Å². The van der Waals surface area contributed by atoms with Gasteiger partial charge in [0.05, 0.1) is 18.3 Å². The number of alkyl halides is 5. The average molecular weight is 654 g/mol. The Morgan fingerprint density at radius 3 is 2.57 bits per heavy atom. The lowest BCUT2D eigenvalue weighted by molar-refractivity contribution is -0.137. The number of halogens is 6. The van der Waals surface area contributed by atoms with Gasteiger partial charge in [0.1, 0.15) is 33.9 Å². The Kier molecular flexibility index (Phi) is 8.34. The first-order chi connectivity index (χ1) is 21.7. The topological polar surface area (TPSA) is 120 Å². The van der Waals surface area contributed by atoms with Crippen LogP contribution in [0, 0.1) is 24.1 Å². The van der Waals surface area contributed by atoms with Gasteiger partial charge in [-0.25, -0.2) is 23.1 Å². The third kappa shape index (κ3) is 6.21. The highest BCUT2D eigenvalue weighted by Crippen LogP contribution is 2.57. The molecule has 3 aromatic rings. The number of anilines is 2. The molecule has 6 rings (SSSR count). The van der Waals surface area contributed by atoms with Crippen molar-refractivity contribution in [1.82, 2.24) is 25.3 Å². The number of rotatable bonds is 4. The molecule has 2 fully saturated rings. The molecule has 46 heavy (non-hydrogen) atoms. The van der Waals surface area contributed by atoms with E-state index < -0.39 is 51.9 Å². The minimum Gasteiger partial charge on any atom is -0.474 e. The minimum atomic E-state index is -4.91. The van der Waals surface area contributed by atoms with Gasteiger partial charge in [0.25, 0.3) is 0 Å². The predicted octanol–water partition coefficient (Wildman–Crippen LogP) is 6.68. The number of nitrogen functional groups attached to an aromatic ring is 1. The van der Waals surface area contributed by atoms with Crippen molar-refractivity contribution in [3.05, 3.63) is 23.0 Å². The summed E-state index contributed by atoms with van der Waals surface area (Å²) >= 11 is 0. The Morgan fingerprint density at radius 1 is 1.07 bits per heavy atom. The Hall–Kier alpha value is -3.62. The number of aryl methyl sites for hydroxylation is 1. The summed E-state index contributed by atoms with van der Waals surface area (Å²) in [7, 11) is 0. The lowest BCUT2D eigenvalue weighted by atomic mass is 9.58. The quantitative estimate of drug-likeness (QED) is 0.265. The second kappa shape index (κ2) is 11.9. The maximum atomic E-state index is 16.6. The van der Waals surface area contributed by atoms with E-state index in [4.69, 9.17) is 15.2 Å². The van der Waals surface area contributed by atoms with Gasteiger partial charge >= 0.3 is 12.2 Å². The fourth-order valence-electron chi connectivity index (χ4n) is 6.99. The van der Waals surface area contributed by atoms with E-state index in [1.807, 2.05) is 6.92 Å². The van der Waals surface area contributed by atoms with E-state index in [9.17, 15) is 22.0 Å². The number of hydrogen-bond donors (Lipinski definition) is 3. The van der Waals surface area contributed by atoms with E-state index in [0.717, 1.165) is 12.5 Å². The van der Waals surface area contributed by atoms with Crippen LogP contribution in [-0.4, -0.2) is 57.7 Å². The van der Waals surface area contributed by atoms with Crippen LogP contribution in [0.2, 0.25) is 0 Å². The Balaban J connectivity index is 1.52. The summed E-state index contributed by atoms with van der Waals surface area (Å²) in [6.45, 7) is 5.67. The summed E-state index contributed by atoms with van der Waals surface area (Å²) < 4.78 is 101. The molecule has 1 unspecified atom stereocenters. The van der Waals surface area contributed by atoms with Crippen molar-refractivity contribution < 1.29 is 35.8 Å². The first-order valence-corrected chi connectivity index (χ1v) is 15.6. The van der Waals surface area contributed by atoms with E-state index in [0.29, 0.717) is 38.8 Å². The highest BCUT2D eigenvalue weighted by atomic mass is 19.4. The number of nitrogens with zero attached hydrogens (tertiary/aromatic N) is 4. The highest BCUT2D eigenvalue weighted by Gasteiger charge is 2.54. The molecule has 250 valence electrons. The van der Waals surface area contributed by atoms with Crippen LogP contribution < -0.4 is 25.8 Å². The monoisotopic (exact) mass is 653 g/mol. The molecule has 3 aliphatic rings. The fraction of sp³-hybridized carbons (Fsp3) is 0.613. The third-order valence-corrected chi connectivity index (χ3v) is 9.46. The van der Waals surface area contributed by atoms with Crippen molar-refractivity contribution in [2.75, 3.05) is 30.7 Å². The van der Waals surface area contributed by atoms with Crippen molar-refractivity contribution in [3.63, 3.8) is 0 Å². The van der Waals surface area contributed by atoms with Crippen LogP contribution in [0.5, 0.6) is 11.9 Å². The summed E-state index contributed by atoms with van der Waals surface area (Å²) in [5.41, 5.74) is 1.61. The molecule has 0 amide bonds. The summed E-state index contributed by atoms with van der Waals surface area (Å²) in [6.07, 6.45) is -2.96. The van der Waals surface area contributed by atoms with Crippen LogP contribution in [0.3, 0.4) is 0 Å². The lowest BCUT2D eigenvalue weighted by Gasteiger charge is -2.49. The molecular formula is C31H37F6N7O2. The molecule has 1 aliphatic heterocycles. The predicted molar refractivity (Wildman–Crippen MR) is 159 cm³/mol. The maximum absolute atomic E-state index is 16.6. The van der Waals surface area contributed by atoms with Gasteiger partial charge in [0.2, 0.25) is 11.8 Å². The number of aromatic nitrogens is 4. The van der Waals surface area contributed by atoms with E-state index in [-0.39, 0.29) is 65.9 Å². The molecule has 4 atom stereocenters. The largest absolute Gasteiger partial charge is 0.474 e. The van der Waals surface area contributed by atoms with Gasteiger partial charge in [-0.2, -0.15) is 23.1 Å². The molecule has 2 aliphatic carbocycles. The number of hydrogen-bond acceptors (Lipinski definition) is 9. The van der Waals surface area contributed by atoms with Crippen molar-refractivity contribution >= 4 is 22.5 Å². The third-order valence-electron chi connectivity index (χ3n) is 9.46. The Morgan fingerprint density at radius 2 is 1.85 bits per heavy atom. The van der Waals surface area contributed by atoms with Crippen LogP contribution in [0.1, 0.15) is 69.9 Å². The van der Waals surface area contributed by atoms with Gasteiger partial charge in [-0.05, 0) is 77.0 Å². The van der Waals surface area contributed by atoms with Gasteiger partial charge in [0, 0.05) is 30.8 Å². The summed E-state index contributed by atoms with van der Waals surface area (Å²) in [5, 5.41) is 6.49. The van der Waals surface area contributed by atoms with Gasteiger partial charge < -0.3 is 25.8 Å². The first kappa shape index (κ1) is 32.3. The second-order valence-corrected chi connectivity index (χ2v) is 13.0. The maximum Gasteiger partial charge on any atom is 0.418 e. The zero-order valence-electron chi connectivity index (χ0n) is 25.8. The number of fused-ring (bicyclic) bond motifs is 1. The van der Waals surface area contributed by atoms with Crippen molar-refractivity contribution in [2.24, 2.45) is 11.3 Å². The number of ether oxygens (including phenoxy) is 2. The molecule has 15 heteroatoms. The molecule has 0 bridgehead atoms. The molecule has 4 N–H and O–H groups in total. The highest BCUT2D eigenvalue weighted by molar-refractivity contribution is 5.96. The molecule has 0 saturated heterocycles. The first-order valence-electron chi connectivity index (χ1n) is 15.6. The van der Waals surface area contributed by atoms with Crippen LogP contribution in [-0.2, 0) is 6.18 Å². The van der Waals surface area contributed by atoms with Crippen LogP contribution in [0.15, 0.2) is 6.07 Å². The van der Waals surface area contributed by atoms with E-state index in [2.05, 4.69) is 30.6 Å². The fourth-order valence-corrected chi connectivity index (χ4v) is 6.99. The van der Waals surface area contributed by atoms with Crippen LogP contribution in [0.25, 0.3) is 22.3 Å². The van der Waals surface area contributed by atoms with Crippen molar-refractivity contribution in [2.45, 2.75) is 90.0 Å². The Bertz CT molecular complexity index is 1640. The van der Waals surface area contributed by atoms with Gasteiger partial charge in [-0.15, -0.1) is 0 Å². The average Bonchev–Trinajstić information content (AvgIpc) is 3.05. The van der Waals surface area contributed by atoms with Crippen LogP contribution >= 0.6 is 0 Å². The van der Waals surface area contributed by atoms with E-state index >= 15 is 4.39 Å². The SMILES string of the molecule is Cc1cc(N)nc(-c2nc3c4c(nc(OC[C@]56CC[C@H]5CCCC(F)(F)C6)nc4c2F)NCC(C)NCC[C@H](C)O3)c1C(F)(F)F. The molecule has 9 nitrogen and oxygen atoms in total. The number of pyridine rings is 2. The smallest absolute Gasteiger partial charge is 0.418 e. The molecule has 4 heterocycles. The normalized spacial score (nSPS) is 26.5. The molecule has 0 aromatic carbocycles. The van der Waals surface area contributed by atoms with Gasteiger partial charge in [-0.1, -0.05) is 0 Å². The molecule has 0 radical (unpaired) electrons.